The Morgan fingerprint density at radius 3 is 2.81 bits per heavy atom. The van der Waals surface area contributed by atoms with Gasteiger partial charge in [-0.3, -0.25) is 0 Å². The number of carbonyl (C=O) groups excluding carboxylic acids is 1. The molecule has 0 aliphatic carbocycles. The maximum absolute atomic E-state index is 11.3. The lowest BCUT2D eigenvalue weighted by Crippen LogP contribution is -2.01. The highest BCUT2D eigenvalue weighted by atomic mass is 35.5. The van der Waals surface area contributed by atoms with E-state index in [9.17, 15) is 4.79 Å². The smallest absolute Gasteiger partial charge is 0.337 e. The molecule has 0 saturated heterocycles. The van der Waals surface area contributed by atoms with Crippen molar-refractivity contribution in [1.29, 1.82) is 0 Å². The van der Waals surface area contributed by atoms with Crippen LogP contribution in [0.3, 0.4) is 0 Å². The van der Waals surface area contributed by atoms with E-state index < -0.39 is 0 Å². The van der Waals surface area contributed by atoms with Crippen LogP contribution in [0.5, 0.6) is 0 Å². The van der Waals surface area contributed by atoms with Crippen LogP contribution in [0.25, 0.3) is 10.9 Å². The van der Waals surface area contributed by atoms with Crippen molar-refractivity contribution < 1.29 is 9.53 Å². The van der Waals surface area contributed by atoms with Gasteiger partial charge in [0.1, 0.15) is 5.15 Å². The monoisotopic (exact) mass is 235 g/mol. The third-order valence-electron chi connectivity index (χ3n) is 2.41. The molecular weight excluding hydrogens is 226 g/mol. The normalized spacial score (nSPS) is 10.4. The van der Waals surface area contributed by atoms with Gasteiger partial charge in [-0.25, -0.2) is 9.78 Å². The lowest BCUT2D eigenvalue weighted by atomic mass is 10.1. The van der Waals surface area contributed by atoms with Gasteiger partial charge in [0.05, 0.1) is 18.2 Å². The highest BCUT2D eigenvalue weighted by molar-refractivity contribution is 6.30. The molecule has 1 aromatic heterocycles. The van der Waals surface area contributed by atoms with Crippen molar-refractivity contribution in [2.75, 3.05) is 7.11 Å². The molecule has 0 aliphatic rings. The Kier molecular flexibility index (Phi) is 2.79. The summed E-state index contributed by atoms with van der Waals surface area (Å²) in [7, 11) is 1.35. The van der Waals surface area contributed by atoms with Crippen LogP contribution in [0.15, 0.2) is 24.3 Å². The van der Waals surface area contributed by atoms with Gasteiger partial charge in [-0.05, 0) is 30.7 Å². The van der Waals surface area contributed by atoms with Crippen molar-refractivity contribution in [2.24, 2.45) is 0 Å². The van der Waals surface area contributed by atoms with E-state index in [0.29, 0.717) is 16.2 Å². The van der Waals surface area contributed by atoms with Crippen LogP contribution in [0.1, 0.15) is 15.9 Å². The number of esters is 1. The maximum Gasteiger partial charge on any atom is 0.337 e. The third-order valence-corrected chi connectivity index (χ3v) is 2.60. The molecule has 0 atom stereocenters. The Labute approximate surface area is 98.0 Å². The van der Waals surface area contributed by atoms with Crippen molar-refractivity contribution in [3.63, 3.8) is 0 Å². The summed E-state index contributed by atoms with van der Waals surface area (Å²) in [6, 6.07) is 7.04. The summed E-state index contributed by atoms with van der Waals surface area (Å²) in [6.07, 6.45) is 0. The summed E-state index contributed by atoms with van der Waals surface area (Å²) in [5.41, 5.74) is 2.21. The zero-order valence-electron chi connectivity index (χ0n) is 8.95. The predicted molar refractivity (Wildman–Crippen MR) is 62.8 cm³/mol. The van der Waals surface area contributed by atoms with Crippen LogP contribution in [0.2, 0.25) is 5.15 Å². The largest absolute Gasteiger partial charge is 0.465 e. The average molecular weight is 236 g/mol. The van der Waals surface area contributed by atoms with E-state index in [1.807, 2.05) is 13.0 Å². The van der Waals surface area contributed by atoms with Crippen molar-refractivity contribution in [3.8, 4) is 0 Å². The summed E-state index contributed by atoms with van der Waals surface area (Å²) >= 11 is 5.86. The molecule has 0 N–H and O–H groups in total. The summed E-state index contributed by atoms with van der Waals surface area (Å²) in [4.78, 5) is 15.5. The van der Waals surface area contributed by atoms with Crippen LogP contribution < -0.4 is 0 Å². The van der Waals surface area contributed by atoms with E-state index in [0.717, 1.165) is 10.9 Å². The SMILES string of the molecule is COC(=O)c1ccc2c(C)cc(Cl)nc2c1. The molecule has 82 valence electrons. The molecule has 2 rings (SSSR count). The number of hydrogen-bond donors (Lipinski definition) is 0. The molecule has 0 bridgehead atoms. The molecule has 0 saturated carbocycles. The number of rotatable bonds is 1. The number of aromatic nitrogens is 1. The molecule has 0 amide bonds. The Bertz CT molecular complexity index is 566. The molecular formula is C12H10ClNO2. The van der Waals surface area contributed by atoms with Gasteiger partial charge in [0.15, 0.2) is 0 Å². The van der Waals surface area contributed by atoms with Gasteiger partial charge in [-0.1, -0.05) is 17.7 Å². The predicted octanol–water partition coefficient (Wildman–Crippen LogP) is 2.98. The number of ether oxygens (including phenoxy) is 1. The van der Waals surface area contributed by atoms with Gasteiger partial charge < -0.3 is 4.74 Å². The average Bonchev–Trinajstić information content (AvgIpc) is 2.27. The maximum atomic E-state index is 11.3. The van der Waals surface area contributed by atoms with Crippen LogP contribution in [-0.4, -0.2) is 18.1 Å². The number of hydrogen-bond acceptors (Lipinski definition) is 3. The fraction of sp³-hybridized carbons (Fsp3) is 0.167. The second-order valence-corrected chi connectivity index (χ2v) is 3.87. The van der Waals surface area contributed by atoms with Crippen LogP contribution in [0, 0.1) is 6.92 Å². The minimum atomic E-state index is -0.374. The van der Waals surface area contributed by atoms with E-state index in [-0.39, 0.29) is 5.97 Å². The lowest BCUT2D eigenvalue weighted by Gasteiger charge is -2.04. The van der Waals surface area contributed by atoms with Gasteiger partial charge in [-0.15, -0.1) is 0 Å². The third kappa shape index (κ3) is 1.86. The number of halogens is 1. The molecule has 0 fully saturated rings. The van der Waals surface area contributed by atoms with Crippen LogP contribution >= 0.6 is 11.6 Å². The molecule has 16 heavy (non-hydrogen) atoms. The second-order valence-electron chi connectivity index (χ2n) is 3.49. The summed E-state index contributed by atoms with van der Waals surface area (Å²) in [6.45, 7) is 1.95. The molecule has 0 radical (unpaired) electrons. The summed E-state index contributed by atoms with van der Waals surface area (Å²) in [5, 5.41) is 1.41. The molecule has 1 aromatic carbocycles. The topological polar surface area (TPSA) is 39.2 Å². The fourth-order valence-electron chi connectivity index (χ4n) is 1.61. The first kappa shape index (κ1) is 10.9. The molecule has 4 heteroatoms. The minimum absolute atomic E-state index is 0.374. The Balaban J connectivity index is 2.66. The van der Waals surface area contributed by atoms with E-state index >= 15 is 0 Å². The zero-order valence-corrected chi connectivity index (χ0v) is 9.71. The highest BCUT2D eigenvalue weighted by Crippen LogP contribution is 2.21. The number of benzene rings is 1. The molecule has 0 unspecified atom stereocenters. The van der Waals surface area contributed by atoms with Gasteiger partial charge in [-0.2, -0.15) is 0 Å². The number of pyridine rings is 1. The first-order chi connectivity index (χ1) is 7.61. The molecule has 1 heterocycles. The standard InChI is InChI=1S/C12H10ClNO2/c1-7-5-11(13)14-10-6-8(12(15)16-2)3-4-9(7)10/h3-6H,1-2H3. The number of nitrogens with zero attached hydrogens (tertiary/aromatic N) is 1. The van der Waals surface area contributed by atoms with Crippen molar-refractivity contribution in [1.82, 2.24) is 4.98 Å². The summed E-state index contributed by atoms with van der Waals surface area (Å²) < 4.78 is 4.65. The Morgan fingerprint density at radius 1 is 1.38 bits per heavy atom. The number of aryl methyl sites for hydroxylation is 1. The van der Waals surface area contributed by atoms with Gasteiger partial charge in [0.2, 0.25) is 0 Å². The van der Waals surface area contributed by atoms with Crippen molar-refractivity contribution in [3.05, 3.63) is 40.5 Å². The zero-order chi connectivity index (χ0) is 11.7. The first-order valence-electron chi connectivity index (χ1n) is 4.77. The van der Waals surface area contributed by atoms with E-state index in [1.54, 1.807) is 18.2 Å². The van der Waals surface area contributed by atoms with E-state index in [4.69, 9.17) is 11.6 Å². The fourth-order valence-corrected chi connectivity index (χ4v) is 1.86. The number of fused-ring (bicyclic) bond motifs is 1. The van der Waals surface area contributed by atoms with E-state index in [2.05, 4.69) is 9.72 Å². The molecule has 0 aliphatic heterocycles. The van der Waals surface area contributed by atoms with Gasteiger partial charge in [0.25, 0.3) is 0 Å². The quantitative estimate of drug-likeness (QED) is 0.564. The van der Waals surface area contributed by atoms with Crippen LogP contribution in [0.4, 0.5) is 0 Å². The second kappa shape index (κ2) is 4.10. The van der Waals surface area contributed by atoms with Crippen molar-refractivity contribution in [2.45, 2.75) is 6.92 Å². The summed E-state index contributed by atoms with van der Waals surface area (Å²) in [5.74, 6) is -0.374. The van der Waals surface area contributed by atoms with Crippen molar-refractivity contribution >= 4 is 28.5 Å². The minimum Gasteiger partial charge on any atom is -0.465 e. The Hall–Kier alpha value is -1.61. The Morgan fingerprint density at radius 2 is 2.12 bits per heavy atom. The number of carbonyl (C=O) groups is 1. The van der Waals surface area contributed by atoms with E-state index in [1.165, 1.54) is 7.11 Å². The molecule has 2 aromatic rings. The first-order valence-corrected chi connectivity index (χ1v) is 5.15. The number of methoxy groups -OCH3 is 1. The molecule has 3 nitrogen and oxygen atoms in total. The lowest BCUT2D eigenvalue weighted by molar-refractivity contribution is 0.0601. The van der Waals surface area contributed by atoms with Gasteiger partial charge in [0, 0.05) is 5.39 Å². The molecule has 0 spiro atoms. The highest BCUT2D eigenvalue weighted by Gasteiger charge is 2.08. The van der Waals surface area contributed by atoms with Gasteiger partial charge >= 0.3 is 5.97 Å². The van der Waals surface area contributed by atoms with Crippen LogP contribution in [-0.2, 0) is 4.74 Å².